The molecule has 0 aliphatic rings. The van der Waals surface area contributed by atoms with Crippen LogP contribution in [0.4, 0.5) is 11.5 Å². The number of anilines is 2. The highest BCUT2D eigenvalue weighted by Crippen LogP contribution is 2.22. The lowest BCUT2D eigenvalue weighted by Crippen LogP contribution is -2.18. The van der Waals surface area contributed by atoms with Gasteiger partial charge < -0.3 is 5.32 Å². The minimum atomic E-state index is -3.78. The van der Waals surface area contributed by atoms with Crippen molar-refractivity contribution < 1.29 is 8.42 Å². The van der Waals surface area contributed by atoms with Crippen molar-refractivity contribution >= 4 is 21.5 Å². The zero-order valence-electron chi connectivity index (χ0n) is 11.5. The van der Waals surface area contributed by atoms with Crippen molar-refractivity contribution in [3.8, 4) is 0 Å². The van der Waals surface area contributed by atoms with Crippen molar-refractivity contribution in [2.75, 3.05) is 16.6 Å². The summed E-state index contributed by atoms with van der Waals surface area (Å²) in [5.41, 5.74) is 0.124. The fraction of sp³-hybridized carbons (Fsp3) is 0.231. The first kappa shape index (κ1) is 15.0. The van der Waals surface area contributed by atoms with Crippen LogP contribution in [0.3, 0.4) is 0 Å². The third-order valence-corrected chi connectivity index (χ3v) is 4.07. The van der Waals surface area contributed by atoms with E-state index in [2.05, 4.69) is 20.2 Å². The molecule has 0 aliphatic heterocycles. The summed E-state index contributed by atoms with van der Waals surface area (Å²) in [6.45, 7) is 2.66. The number of aromatic amines is 1. The molecule has 0 radical (unpaired) electrons. The Labute approximate surface area is 122 Å². The molecule has 0 saturated carbocycles. The molecule has 0 atom stereocenters. The first-order valence-corrected chi connectivity index (χ1v) is 7.92. The highest BCUT2D eigenvalue weighted by atomic mass is 32.2. The Balaban J connectivity index is 2.31. The monoisotopic (exact) mass is 308 g/mol. The quantitative estimate of drug-likeness (QED) is 0.748. The number of benzene rings is 1. The van der Waals surface area contributed by atoms with Crippen LogP contribution < -0.4 is 15.6 Å². The fourth-order valence-corrected chi connectivity index (χ4v) is 2.89. The standard InChI is InChI=1S/C13H16N4O3S/c1-2-9-14-10-5-3-4-6-11(10)21(19,20)17-12-7-8-13(18)16-15-12/h3-8,14H,2,9H2,1H3,(H,15,17)(H,16,18). The molecule has 2 rings (SSSR count). The van der Waals surface area contributed by atoms with Crippen molar-refractivity contribution in [1.82, 2.24) is 10.2 Å². The predicted octanol–water partition coefficient (Wildman–Crippen LogP) is 1.39. The van der Waals surface area contributed by atoms with Gasteiger partial charge >= 0.3 is 0 Å². The van der Waals surface area contributed by atoms with E-state index in [0.29, 0.717) is 12.2 Å². The zero-order valence-corrected chi connectivity index (χ0v) is 12.3. The van der Waals surface area contributed by atoms with Gasteiger partial charge in [0, 0.05) is 12.6 Å². The first-order valence-electron chi connectivity index (χ1n) is 6.44. The van der Waals surface area contributed by atoms with Gasteiger partial charge in [0.15, 0.2) is 5.82 Å². The molecule has 0 saturated heterocycles. The van der Waals surface area contributed by atoms with Gasteiger partial charge in [-0.05, 0) is 24.6 Å². The van der Waals surface area contributed by atoms with Gasteiger partial charge in [0.05, 0.1) is 5.69 Å². The number of nitrogens with zero attached hydrogens (tertiary/aromatic N) is 1. The normalized spacial score (nSPS) is 11.1. The summed E-state index contributed by atoms with van der Waals surface area (Å²) in [6, 6.07) is 9.11. The minimum absolute atomic E-state index is 0.0555. The van der Waals surface area contributed by atoms with E-state index in [1.165, 1.54) is 18.2 Å². The van der Waals surface area contributed by atoms with Crippen LogP contribution in [0.25, 0.3) is 0 Å². The van der Waals surface area contributed by atoms with Gasteiger partial charge in [0.1, 0.15) is 4.90 Å². The molecule has 1 aromatic carbocycles. The maximum atomic E-state index is 12.4. The lowest BCUT2D eigenvalue weighted by atomic mass is 10.3. The Hall–Kier alpha value is -2.35. The van der Waals surface area contributed by atoms with E-state index in [-0.39, 0.29) is 10.7 Å². The van der Waals surface area contributed by atoms with Crippen LogP contribution in [0, 0.1) is 0 Å². The maximum absolute atomic E-state index is 12.4. The Morgan fingerprint density at radius 3 is 2.62 bits per heavy atom. The van der Waals surface area contributed by atoms with Crippen LogP contribution in [0.5, 0.6) is 0 Å². The van der Waals surface area contributed by atoms with Gasteiger partial charge in [0.2, 0.25) is 0 Å². The number of hydrogen-bond donors (Lipinski definition) is 3. The highest BCUT2D eigenvalue weighted by molar-refractivity contribution is 7.92. The molecular formula is C13H16N4O3S. The fourth-order valence-electron chi connectivity index (χ4n) is 1.70. The molecule has 0 fully saturated rings. The summed E-state index contributed by atoms with van der Waals surface area (Å²) in [4.78, 5) is 11.1. The Bertz CT molecular complexity index is 750. The SMILES string of the molecule is CCCNc1ccccc1S(=O)(=O)Nc1ccc(=O)[nH]n1. The van der Waals surface area contributed by atoms with Gasteiger partial charge in [-0.3, -0.25) is 9.52 Å². The zero-order chi connectivity index (χ0) is 15.3. The molecule has 0 amide bonds. The molecule has 21 heavy (non-hydrogen) atoms. The molecule has 0 unspecified atom stereocenters. The third-order valence-electron chi connectivity index (χ3n) is 2.66. The van der Waals surface area contributed by atoms with E-state index in [0.717, 1.165) is 6.42 Å². The first-order chi connectivity index (χ1) is 10.0. The van der Waals surface area contributed by atoms with E-state index in [1.807, 2.05) is 6.92 Å². The van der Waals surface area contributed by atoms with Gasteiger partial charge in [0.25, 0.3) is 15.6 Å². The summed E-state index contributed by atoms with van der Waals surface area (Å²) < 4.78 is 27.1. The van der Waals surface area contributed by atoms with Crippen molar-refractivity contribution in [2.45, 2.75) is 18.2 Å². The largest absolute Gasteiger partial charge is 0.384 e. The minimum Gasteiger partial charge on any atom is -0.384 e. The maximum Gasteiger partial charge on any atom is 0.265 e. The average molecular weight is 308 g/mol. The molecule has 0 aliphatic carbocycles. The second-order valence-electron chi connectivity index (χ2n) is 4.33. The summed E-state index contributed by atoms with van der Waals surface area (Å²) in [6.07, 6.45) is 0.878. The summed E-state index contributed by atoms with van der Waals surface area (Å²) >= 11 is 0. The van der Waals surface area contributed by atoms with Crippen LogP contribution in [-0.4, -0.2) is 25.2 Å². The average Bonchev–Trinajstić information content (AvgIpc) is 2.47. The predicted molar refractivity (Wildman–Crippen MR) is 80.9 cm³/mol. The molecule has 2 aromatic rings. The number of aromatic nitrogens is 2. The lowest BCUT2D eigenvalue weighted by Gasteiger charge is -2.12. The Kier molecular flexibility index (Phi) is 4.59. The van der Waals surface area contributed by atoms with Crippen molar-refractivity contribution in [2.24, 2.45) is 0 Å². The van der Waals surface area contributed by atoms with Gasteiger partial charge in [-0.25, -0.2) is 13.5 Å². The van der Waals surface area contributed by atoms with E-state index < -0.39 is 15.6 Å². The van der Waals surface area contributed by atoms with E-state index in [4.69, 9.17) is 0 Å². The van der Waals surface area contributed by atoms with Crippen LogP contribution in [-0.2, 0) is 10.0 Å². The lowest BCUT2D eigenvalue weighted by molar-refractivity contribution is 0.601. The third kappa shape index (κ3) is 3.82. The van der Waals surface area contributed by atoms with Gasteiger partial charge in [-0.1, -0.05) is 19.1 Å². The van der Waals surface area contributed by atoms with Crippen LogP contribution in [0.15, 0.2) is 46.1 Å². The number of hydrogen-bond acceptors (Lipinski definition) is 5. The summed E-state index contributed by atoms with van der Waals surface area (Å²) in [7, 11) is -3.78. The topological polar surface area (TPSA) is 104 Å². The van der Waals surface area contributed by atoms with Gasteiger partial charge in [-0.2, -0.15) is 5.10 Å². The molecule has 1 heterocycles. The molecule has 3 N–H and O–H groups in total. The highest BCUT2D eigenvalue weighted by Gasteiger charge is 2.18. The molecule has 0 bridgehead atoms. The van der Waals surface area contributed by atoms with Crippen LogP contribution >= 0.6 is 0 Å². The molecular weight excluding hydrogens is 292 g/mol. The Morgan fingerprint density at radius 2 is 1.95 bits per heavy atom. The van der Waals surface area contributed by atoms with E-state index in [9.17, 15) is 13.2 Å². The van der Waals surface area contributed by atoms with Gasteiger partial charge in [-0.15, -0.1) is 0 Å². The molecule has 0 spiro atoms. The number of rotatable bonds is 6. The van der Waals surface area contributed by atoms with E-state index >= 15 is 0 Å². The number of para-hydroxylation sites is 1. The van der Waals surface area contributed by atoms with E-state index in [1.54, 1.807) is 18.2 Å². The van der Waals surface area contributed by atoms with Crippen LogP contribution in [0.2, 0.25) is 0 Å². The number of nitrogens with one attached hydrogen (secondary N) is 3. The Morgan fingerprint density at radius 1 is 1.19 bits per heavy atom. The number of sulfonamides is 1. The van der Waals surface area contributed by atoms with Crippen LogP contribution in [0.1, 0.15) is 13.3 Å². The second kappa shape index (κ2) is 6.40. The second-order valence-corrected chi connectivity index (χ2v) is 5.99. The smallest absolute Gasteiger partial charge is 0.265 e. The summed E-state index contributed by atoms with van der Waals surface area (Å²) in [5.74, 6) is 0.0555. The molecule has 7 nitrogen and oxygen atoms in total. The molecule has 8 heteroatoms. The van der Waals surface area contributed by atoms with Crippen molar-refractivity contribution in [3.63, 3.8) is 0 Å². The molecule has 112 valence electrons. The summed E-state index contributed by atoms with van der Waals surface area (Å²) in [5, 5.41) is 8.87. The van der Waals surface area contributed by atoms with Crippen molar-refractivity contribution in [1.29, 1.82) is 0 Å². The van der Waals surface area contributed by atoms with Crippen molar-refractivity contribution in [3.05, 3.63) is 46.8 Å². The number of H-pyrrole nitrogens is 1. The molecule has 1 aromatic heterocycles.